The van der Waals surface area contributed by atoms with Crippen LogP contribution in [0.2, 0.25) is 5.02 Å². The molecule has 2 aromatic carbocycles. The van der Waals surface area contributed by atoms with E-state index in [1.54, 1.807) is 6.20 Å². The lowest BCUT2D eigenvalue weighted by Gasteiger charge is -2.23. The van der Waals surface area contributed by atoms with Crippen LogP contribution in [0.5, 0.6) is 0 Å². The van der Waals surface area contributed by atoms with Crippen molar-refractivity contribution in [3.63, 3.8) is 0 Å². The Labute approximate surface area is 168 Å². The highest BCUT2D eigenvalue weighted by atomic mass is 35.5. The van der Waals surface area contributed by atoms with E-state index in [0.29, 0.717) is 18.1 Å². The lowest BCUT2D eigenvalue weighted by Crippen LogP contribution is -2.27. The maximum absolute atomic E-state index is 10.7. The van der Waals surface area contributed by atoms with Gasteiger partial charge in [-0.15, -0.1) is 0 Å². The van der Waals surface area contributed by atoms with Crippen LogP contribution in [-0.4, -0.2) is 37.7 Å². The average Bonchev–Trinajstić information content (AvgIpc) is 2.65. The molecule has 28 heavy (non-hydrogen) atoms. The summed E-state index contributed by atoms with van der Waals surface area (Å²) in [5.74, 6) is 0. The summed E-state index contributed by atoms with van der Waals surface area (Å²) < 4.78 is 34.4. The summed E-state index contributed by atoms with van der Waals surface area (Å²) in [5.41, 5.74) is 3.54. The monoisotopic (exact) mass is 421 g/mol. The van der Waals surface area contributed by atoms with Gasteiger partial charge in [-0.2, -0.15) is 8.42 Å². The normalized spacial score (nSPS) is 11.5. The Morgan fingerprint density at radius 2 is 1.93 bits per heavy atom. The molecule has 0 fully saturated rings. The molecule has 3 rings (SSSR count). The number of aromatic nitrogens is 1. The Hall–Kier alpha value is -2.39. The fraction of sp³-hybridized carbons (Fsp3) is 0.211. The van der Waals surface area contributed by atoms with E-state index in [4.69, 9.17) is 16.2 Å². The Balaban J connectivity index is 1.72. The van der Waals surface area contributed by atoms with Gasteiger partial charge in [-0.3, -0.25) is 9.54 Å². The molecular formula is C19H20ClN3O4S. The summed E-state index contributed by atoms with van der Waals surface area (Å²) in [5, 5.41) is 4.98. The number of likely N-dealkylation sites (N-methyl/N-ethyl adjacent to an activating group) is 1. The predicted molar refractivity (Wildman–Crippen MR) is 112 cm³/mol. The number of halogens is 1. The molecule has 0 atom stereocenters. The minimum Gasteiger partial charge on any atom is -0.369 e. The highest BCUT2D eigenvalue weighted by molar-refractivity contribution is 7.80. The largest absolute Gasteiger partial charge is 0.397 e. The third-order valence-electron chi connectivity index (χ3n) is 4.19. The number of nitrogens with one attached hydrogen (secondary N) is 1. The van der Waals surface area contributed by atoms with Gasteiger partial charge in [0.15, 0.2) is 0 Å². The van der Waals surface area contributed by atoms with E-state index >= 15 is 0 Å². The molecule has 2 N–H and O–H groups in total. The third kappa shape index (κ3) is 5.32. The first kappa shape index (κ1) is 20.3. The quantitative estimate of drug-likeness (QED) is 0.524. The lowest BCUT2D eigenvalue weighted by atomic mass is 10.1. The Bertz CT molecular complexity index is 1060. The molecule has 3 aromatic rings. The zero-order valence-electron chi connectivity index (χ0n) is 15.2. The molecule has 148 valence electrons. The number of anilines is 3. The minimum atomic E-state index is -4.42. The zero-order valence-corrected chi connectivity index (χ0v) is 16.7. The van der Waals surface area contributed by atoms with Gasteiger partial charge in [0, 0.05) is 46.8 Å². The van der Waals surface area contributed by atoms with Crippen molar-refractivity contribution in [1.29, 1.82) is 0 Å². The molecule has 7 nitrogen and oxygen atoms in total. The van der Waals surface area contributed by atoms with Gasteiger partial charge in [-0.05, 0) is 55.5 Å². The number of fused-ring (bicyclic) bond motifs is 1. The zero-order chi connectivity index (χ0) is 20.1. The number of benzene rings is 2. The van der Waals surface area contributed by atoms with Gasteiger partial charge >= 0.3 is 10.4 Å². The molecule has 0 unspecified atom stereocenters. The molecular weight excluding hydrogens is 402 g/mol. The number of hydrogen-bond acceptors (Lipinski definition) is 6. The van der Waals surface area contributed by atoms with E-state index in [9.17, 15) is 8.42 Å². The smallest absolute Gasteiger partial charge is 0.369 e. The van der Waals surface area contributed by atoms with Crippen molar-refractivity contribution >= 4 is 50.0 Å². The summed E-state index contributed by atoms with van der Waals surface area (Å²) in [6.45, 7) is 2.82. The van der Waals surface area contributed by atoms with E-state index in [2.05, 4.69) is 14.5 Å². The molecule has 0 aliphatic rings. The number of rotatable bonds is 8. The fourth-order valence-electron chi connectivity index (χ4n) is 2.86. The second kappa shape index (κ2) is 8.74. The third-order valence-corrected chi connectivity index (χ3v) is 4.89. The van der Waals surface area contributed by atoms with E-state index in [1.165, 1.54) is 0 Å². The van der Waals surface area contributed by atoms with Gasteiger partial charge in [0.2, 0.25) is 0 Å². The molecule has 1 heterocycles. The van der Waals surface area contributed by atoms with Gasteiger partial charge in [0.25, 0.3) is 0 Å². The van der Waals surface area contributed by atoms with Gasteiger partial charge in [-0.25, -0.2) is 4.18 Å². The Morgan fingerprint density at radius 3 is 2.61 bits per heavy atom. The summed E-state index contributed by atoms with van der Waals surface area (Å²) in [6, 6.07) is 15.2. The van der Waals surface area contributed by atoms with E-state index < -0.39 is 10.4 Å². The van der Waals surface area contributed by atoms with Gasteiger partial charge in [0.1, 0.15) is 0 Å². The molecule has 0 aliphatic carbocycles. The summed E-state index contributed by atoms with van der Waals surface area (Å²) in [6.07, 6.45) is 1.73. The number of nitrogens with zero attached hydrogens (tertiary/aromatic N) is 2. The molecule has 0 saturated heterocycles. The Kier molecular flexibility index (Phi) is 6.35. The van der Waals surface area contributed by atoms with Crippen molar-refractivity contribution in [2.24, 2.45) is 0 Å². The average molecular weight is 422 g/mol. The number of pyridine rings is 1. The van der Waals surface area contributed by atoms with Crippen molar-refractivity contribution < 1.29 is 17.2 Å². The first-order valence-electron chi connectivity index (χ1n) is 8.64. The van der Waals surface area contributed by atoms with Crippen molar-refractivity contribution in [3.8, 4) is 0 Å². The molecule has 0 bridgehead atoms. The van der Waals surface area contributed by atoms with E-state index in [1.807, 2.05) is 60.4 Å². The van der Waals surface area contributed by atoms with Crippen molar-refractivity contribution in [2.45, 2.75) is 6.92 Å². The fourth-order valence-corrected chi connectivity index (χ4v) is 3.32. The highest BCUT2D eigenvalue weighted by Crippen LogP contribution is 2.28. The maximum Gasteiger partial charge on any atom is 0.397 e. The maximum atomic E-state index is 10.7. The van der Waals surface area contributed by atoms with Crippen molar-refractivity contribution in [1.82, 2.24) is 4.98 Å². The van der Waals surface area contributed by atoms with Crippen LogP contribution >= 0.6 is 11.6 Å². The van der Waals surface area contributed by atoms with Gasteiger partial charge < -0.3 is 10.2 Å². The van der Waals surface area contributed by atoms with Crippen LogP contribution in [0.1, 0.15) is 6.92 Å². The van der Waals surface area contributed by atoms with Crippen LogP contribution in [0.15, 0.2) is 54.7 Å². The van der Waals surface area contributed by atoms with Crippen LogP contribution in [0.25, 0.3) is 10.9 Å². The second-order valence-corrected chi connectivity index (χ2v) is 7.55. The summed E-state index contributed by atoms with van der Waals surface area (Å²) >= 11 is 6.03. The molecule has 9 heteroatoms. The predicted octanol–water partition coefficient (Wildman–Crippen LogP) is 4.28. The summed E-state index contributed by atoms with van der Waals surface area (Å²) in [4.78, 5) is 6.28. The molecule has 0 saturated carbocycles. The highest BCUT2D eigenvalue weighted by Gasteiger charge is 2.09. The van der Waals surface area contributed by atoms with Crippen LogP contribution in [0.4, 0.5) is 17.1 Å². The van der Waals surface area contributed by atoms with Crippen LogP contribution in [-0.2, 0) is 14.6 Å². The molecule has 0 aliphatic heterocycles. The second-order valence-electron chi connectivity index (χ2n) is 6.02. The van der Waals surface area contributed by atoms with Crippen LogP contribution in [0.3, 0.4) is 0 Å². The van der Waals surface area contributed by atoms with E-state index in [0.717, 1.165) is 28.0 Å². The van der Waals surface area contributed by atoms with Crippen molar-refractivity contribution in [3.05, 3.63) is 59.8 Å². The first-order valence-corrected chi connectivity index (χ1v) is 10.4. The van der Waals surface area contributed by atoms with Gasteiger partial charge in [-0.1, -0.05) is 11.6 Å². The topological polar surface area (TPSA) is 91.8 Å². The molecule has 0 spiro atoms. The molecule has 0 amide bonds. The number of hydrogen-bond donors (Lipinski definition) is 2. The SMILES string of the molecule is CCN(CCOS(=O)(=O)O)c1ccc(Nc2ccnc3cc(Cl)ccc23)cc1. The Morgan fingerprint density at radius 1 is 1.18 bits per heavy atom. The van der Waals surface area contributed by atoms with Crippen molar-refractivity contribution in [2.75, 3.05) is 29.9 Å². The molecule has 0 radical (unpaired) electrons. The lowest BCUT2D eigenvalue weighted by molar-refractivity contribution is 0.274. The minimum absolute atomic E-state index is 0.127. The van der Waals surface area contributed by atoms with Crippen LogP contribution in [0, 0.1) is 0 Å². The van der Waals surface area contributed by atoms with E-state index in [-0.39, 0.29) is 6.61 Å². The van der Waals surface area contributed by atoms with Gasteiger partial charge in [0.05, 0.1) is 12.1 Å². The first-order chi connectivity index (χ1) is 13.4. The summed E-state index contributed by atoms with van der Waals surface area (Å²) in [7, 11) is -4.42. The standard InChI is InChI=1S/C19H20ClN3O4S/c1-2-23(11-12-27-28(24,25)26)16-6-4-15(5-7-16)22-18-9-10-21-19-13-14(20)3-8-17(18)19/h3-10,13H,2,11-12H2,1H3,(H,21,22)(H,24,25,26). The molecule has 1 aromatic heterocycles. The van der Waals surface area contributed by atoms with Crippen LogP contribution < -0.4 is 10.2 Å².